The minimum Gasteiger partial charge on any atom is -0.455 e. The molecule has 0 saturated carbocycles. The fourth-order valence-electron chi connectivity index (χ4n) is 6.70. The molecule has 3 heterocycles. The number of aromatic nitrogens is 2. The Bertz CT molecular complexity index is 2210. The Kier molecular flexibility index (Phi) is 6.88. The normalized spacial score (nSPS) is 12.7. The van der Waals surface area contributed by atoms with Gasteiger partial charge in [0, 0.05) is 38.2 Å². The highest BCUT2D eigenvalue weighted by Crippen LogP contribution is 2.49. The van der Waals surface area contributed by atoms with Crippen molar-refractivity contribution in [3.05, 3.63) is 95.4 Å². The SMILES string of the molecule is CC(C)c1cc(C(C)C)c(-c2c3oc4ccccc4c3cc3c2oc2c(-c4cc(C(C)(C)C)ncn4)cccc23)c(C(C)C)c1. The molecule has 0 saturated heterocycles. The maximum Gasteiger partial charge on any atom is 0.147 e. The van der Waals surface area contributed by atoms with E-state index in [9.17, 15) is 0 Å². The molecular formula is C41H42N2O2. The van der Waals surface area contributed by atoms with Crippen molar-refractivity contribution in [1.29, 1.82) is 0 Å². The van der Waals surface area contributed by atoms with Gasteiger partial charge in [0.2, 0.25) is 0 Å². The van der Waals surface area contributed by atoms with Gasteiger partial charge in [0.25, 0.3) is 0 Å². The largest absolute Gasteiger partial charge is 0.455 e. The van der Waals surface area contributed by atoms with E-state index in [4.69, 9.17) is 13.8 Å². The van der Waals surface area contributed by atoms with E-state index < -0.39 is 0 Å². The summed E-state index contributed by atoms with van der Waals surface area (Å²) in [4.78, 5) is 9.31. The lowest BCUT2D eigenvalue weighted by Gasteiger charge is -2.23. The lowest BCUT2D eigenvalue weighted by atomic mass is 9.81. The molecule has 4 heteroatoms. The first-order valence-corrected chi connectivity index (χ1v) is 16.2. The van der Waals surface area contributed by atoms with E-state index in [0.717, 1.165) is 66.4 Å². The number of hydrogen-bond acceptors (Lipinski definition) is 4. The third-order valence-corrected chi connectivity index (χ3v) is 9.22. The second kappa shape index (κ2) is 10.6. The Morgan fingerprint density at radius 1 is 0.578 bits per heavy atom. The number of nitrogens with zero attached hydrogens (tertiary/aromatic N) is 2. The van der Waals surface area contributed by atoms with Crippen LogP contribution < -0.4 is 0 Å². The molecule has 0 amide bonds. The third-order valence-electron chi connectivity index (χ3n) is 9.22. The van der Waals surface area contributed by atoms with Crippen LogP contribution >= 0.6 is 0 Å². The van der Waals surface area contributed by atoms with Crippen molar-refractivity contribution in [2.24, 2.45) is 0 Å². The van der Waals surface area contributed by atoms with Crippen LogP contribution in [-0.2, 0) is 5.41 Å². The van der Waals surface area contributed by atoms with Gasteiger partial charge in [0.1, 0.15) is 28.7 Å². The van der Waals surface area contributed by atoms with E-state index >= 15 is 0 Å². The van der Waals surface area contributed by atoms with Crippen molar-refractivity contribution in [2.45, 2.75) is 85.5 Å². The molecule has 228 valence electrons. The summed E-state index contributed by atoms with van der Waals surface area (Å²) >= 11 is 0. The second-order valence-corrected chi connectivity index (χ2v) is 14.5. The van der Waals surface area contributed by atoms with E-state index in [1.54, 1.807) is 6.33 Å². The first-order chi connectivity index (χ1) is 21.4. The number of hydrogen-bond donors (Lipinski definition) is 0. The molecule has 4 nitrogen and oxygen atoms in total. The smallest absolute Gasteiger partial charge is 0.147 e. The van der Waals surface area contributed by atoms with Crippen molar-refractivity contribution in [1.82, 2.24) is 9.97 Å². The van der Waals surface area contributed by atoms with E-state index in [1.807, 2.05) is 6.07 Å². The lowest BCUT2D eigenvalue weighted by molar-refractivity contribution is 0.567. The summed E-state index contributed by atoms with van der Waals surface area (Å²) in [5.41, 5.74) is 12.5. The molecule has 0 N–H and O–H groups in total. The summed E-state index contributed by atoms with van der Waals surface area (Å²) in [5.74, 6) is 1.04. The van der Waals surface area contributed by atoms with Crippen molar-refractivity contribution in [2.75, 3.05) is 0 Å². The predicted octanol–water partition coefficient (Wildman–Crippen LogP) is 12.3. The quantitative estimate of drug-likeness (QED) is 0.199. The minimum absolute atomic E-state index is 0.0964. The van der Waals surface area contributed by atoms with Crippen molar-refractivity contribution in [3.8, 4) is 22.4 Å². The number of furan rings is 2. The summed E-state index contributed by atoms with van der Waals surface area (Å²) in [6, 6.07) is 23.9. The van der Waals surface area contributed by atoms with Gasteiger partial charge in [-0.2, -0.15) is 0 Å². The molecule has 4 aromatic carbocycles. The van der Waals surface area contributed by atoms with Crippen molar-refractivity contribution < 1.29 is 8.83 Å². The summed E-state index contributed by atoms with van der Waals surface area (Å²) in [6.45, 7) is 20.3. The van der Waals surface area contributed by atoms with Gasteiger partial charge in [-0.05, 0) is 64.3 Å². The lowest BCUT2D eigenvalue weighted by Crippen LogP contribution is -2.13. The second-order valence-electron chi connectivity index (χ2n) is 14.5. The first-order valence-electron chi connectivity index (χ1n) is 16.2. The summed E-state index contributed by atoms with van der Waals surface area (Å²) in [6.07, 6.45) is 1.67. The van der Waals surface area contributed by atoms with Crippen LogP contribution in [0.25, 0.3) is 66.3 Å². The van der Waals surface area contributed by atoms with Gasteiger partial charge >= 0.3 is 0 Å². The molecule has 0 unspecified atom stereocenters. The number of fused-ring (bicyclic) bond motifs is 6. The van der Waals surface area contributed by atoms with Gasteiger partial charge in [-0.25, -0.2) is 9.97 Å². The first kappa shape index (κ1) is 29.3. The van der Waals surface area contributed by atoms with Gasteiger partial charge in [0.15, 0.2) is 0 Å². The Morgan fingerprint density at radius 2 is 1.22 bits per heavy atom. The highest BCUT2D eigenvalue weighted by atomic mass is 16.3. The minimum atomic E-state index is -0.0964. The summed E-state index contributed by atoms with van der Waals surface area (Å²) in [7, 11) is 0. The molecular weight excluding hydrogens is 552 g/mol. The molecule has 0 radical (unpaired) electrons. The summed E-state index contributed by atoms with van der Waals surface area (Å²) in [5, 5.41) is 4.38. The van der Waals surface area contributed by atoms with E-state index in [1.165, 1.54) is 22.3 Å². The van der Waals surface area contributed by atoms with Crippen LogP contribution in [0.15, 0.2) is 81.9 Å². The van der Waals surface area contributed by atoms with Crippen molar-refractivity contribution in [3.63, 3.8) is 0 Å². The molecule has 7 aromatic rings. The van der Waals surface area contributed by atoms with Crippen LogP contribution in [0, 0.1) is 0 Å². The molecule has 0 aliphatic rings. The monoisotopic (exact) mass is 594 g/mol. The van der Waals surface area contributed by atoms with Crippen LogP contribution in [-0.4, -0.2) is 9.97 Å². The average Bonchev–Trinajstić information content (AvgIpc) is 3.57. The summed E-state index contributed by atoms with van der Waals surface area (Å²) < 4.78 is 13.9. The molecule has 0 atom stereocenters. The van der Waals surface area contributed by atoms with Crippen LogP contribution in [0.4, 0.5) is 0 Å². The molecule has 0 aliphatic heterocycles. The Morgan fingerprint density at radius 3 is 1.89 bits per heavy atom. The Labute approximate surface area is 265 Å². The Hall–Kier alpha value is -4.44. The molecule has 7 rings (SSSR count). The maximum absolute atomic E-state index is 7.08. The van der Waals surface area contributed by atoms with Crippen LogP contribution in [0.3, 0.4) is 0 Å². The van der Waals surface area contributed by atoms with Gasteiger partial charge in [-0.1, -0.05) is 105 Å². The topological polar surface area (TPSA) is 52.1 Å². The average molecular weight is 595 g/mol. The van der Waals surface area contributed by atoms with Gasteiger partial charge < -0.3 is 8.83 Å². The zero-order valence-electron chi connectivity index (χ0n) is 27.9. The Balaban J connectivity index is 1.66. The van der Waals surface area contributed by atoms with Gasteiger partial charge in [-0.15, -0.1) is 0 Å². The molecule has 3 aromatic heterocycles. The highest BCUT2D eigenvalue weighted by molar-refractivity contribution is 6.23. The molecule has 0 fully saturated rings. The predicted molar refractivity (Wildman–Crippen MR) is 188 cm³/mol. The zero-order valence-corrected chi connectivity index (χ0v) is 27.9. The zero-order chi connectivity index (χ0) is 31.8. The van der Waals surface area contributed by atoms with Gasteiger partial charge in [-0.3, -0.25) is 0 Å². The van der Waals surface area contributed by atoms with E-state index in [-0.39, 0.29) is 5.41 Å². The third kappa shape index (κ3) is 4.74. The molecule has 45 heavy (non-hydrogen) atoms. The fraction of sp³-hybridized carbons (Fsp3) is 0.317. The van der Waals surface area contributed by atoms with E-state index in [2.05, 4.69) is 128 Å². The van der Waals surface area contributed by atoms with E-state index in [0.29, 0.717) is 17.8 Å². The van der Waals surface area contributed by atoms with Crippen LogP contribution in [0.2, 0.25) is 0 Å². The van der Waals surface area contributed by atoms with Crippen molar-refractivity contribution >= 4 is 43.9 Å². The standard InChI is InChI=1S/C41H42N2O2/c1-22(2)25-17-29(23(3)4)36(30(18-25)24(5)6)37-39-31(26-13-10-11-16-34(26)44-39)19-32-27-14-12-15-28(38(27)45-40(32)37)33-20-35(41(7,8)9)43-21-42-33/h10-24H,1-9H3. The highest BCUT2D eigenvalue weighted by Gasteiger charge is 2.28. The van der Waals surface area contributed by atoms with Crippen LogP contribution in [0.5, 0.6) is 0 Å². The fourth-order valence-corrected chi connectivity index (χ4v) is 6.70. The molecule has 0 spiro atoms. The maximum atomic E-state index is 7.08. The number of rotatable bonds is 5. The molecule has 0 aliphatic carbocycles. The molecule has 0 bridgehead atoms. The van der Waals surface area contributed by atoms with Crippen LogP contribution in [0.1, 0.15) is 102 Å². The van der Waals surface area contributed by atoms with Gasteiger partial charge in [0.05, 0.1) is 11.3 Å². The number of benzene rings is 4. The number of para-hydroxylation sites is 2.